The van der Waals surface area contributed by atoms with Gasteiger partial charge in [-0.3, -0.25) is 9.59 Å². The number of aryl methyl sites for hydroxylation is 1. The molecule has 0 N–H and O–H groups in total. The lowest BCUT2D eigenvalue weighted by Gasteiger charge is -2.32. The zero-order chi connectivity index (χ0) is 20.2. The Morgan fingerprint density at radius 1 is 1.14 bits per heavy atom. The number of methoxy groups -OCH3 is 1. The van der Waals surface area contributed by atoms with Gasteiger partial charge in [0, 0.05) is 25.4 Å². The Hall–Kier alpha value is -3.02. The molecule has 4 rings (SSSR count). The Bertz CT molecular complexity index is 910. The van der Waals surface area contributed by atoms with Gasteiger partial charge < -0.3 is 19.1 Å². The highest BCUT2D eigenvalue weighted by molar-refractivity contribution is 6.00. The van der Waals surface area contributed by atoms with Crippen molar-refractivity contribution < 1.29 is 23.8 Å². The van der Waals surface area contributed by atoms with E-state index in [1.807, 2.05) is 35.2 Å². The second-order valence-corrected chi connectivity index (χ2v) is 7.43. The molecule has 0 saturated carbocycles. The van der Waals surface area contributed by atoms with Crippen molar-refractivity contribution in [1.29, 1.82) is 0 Å². The molecule has 0 aromatic heterocycles. The first-order valence-electron chi connectivity index (χ1n) is 9.99. The van der Waals surface area contributed by atoms with E-state index in [-0.39, 0.29) is 24.4 Å². The van der Waals surface area contributed by atoms with Crippen LogP contribution in [-0.4, -0.2) is 43.6 Å². The average Bonchev–Trinajstić information content (AvgIpc) is 3.25. The summed E-state index contributed by atoms with van der Waals surface area (Å²) >= 11 is 0. The van der Waals surface area contributed by atoms with E-state index in [9.17, 15) is 9.59 Å². The molecular formula is C23H25NO5. The molecular weight excluding hydrogens is 370 g/mol. The lowest BCUT2D eigenvalue weighted by molar-refractivity contribution is -0.132. The van der Waals surface area contributed by atoms with E-state index in [1.54, 1.807) is 19.2 Å². The highest BCUT2D eigenvalue weighted by atomic mass is 16.7. The Kier molecular flexibility index (Phi) is 5.69. The summed E-state index contributed by atoms with van der Waals surface area (Å²) in [6, 6.07) is 13.1. The predicted octanol–water partition coefficient (Wildman–Crippen LogP) is 3.48. The molecule has 0 spiro atoms. The van der Waals surface area contributed by atoms with Crippen LogP contribution in [0.1, 0.15) is 35.2 Å². The number of carbonyl (C=O) groups is 2. The minimum Gasteiger partial charge on any atom is -0.496 e. The van der Waals surface area contributed by atoms with Crippen molar-refractivity contribution in [2.45, 2.75) is 25.7 Å². The van der Waals surface area contributed by atoms with Crippen molar-refractivity contribution in [3.05, 3.63) is 53.6 Å². The largest absolute Gasteiger partial charge is 0.496 e. The number of fused-ring (bicyclic) bond motifs is 1. The number of hydrogen-bond acceptors (Lipinski definition) is 5. The summed E-state index contributed by atoms with van der Waals surface area (Å²) in [5.41, 5.74) is 1.64. The van der Waals surface area contributed by atoms with Crippen LogP contribution >= 0.6 is 0 Å². The molecule has 1 atom stereocenters. The number of ether oxygens (including phenoxy) is 3. The monoisotopic (exact) mass is 395 g/mol. The van der Waals surface area contributed by atoms with Crippen LogP contribution in [0.4, 0.5) is 0 Å². The van der Waals surface area contributed by atoms with Gasteiger partial charge in [-0.2, -0.15) is 0 Å². The van der Waals surface area contributed by atoms with Crippen LogP contribution in [0.25, 0.3) is 0 Å². The topological polar surface area (TPSA) is 65.1 Å². The van der Waals surface area contributed by atoms with Crippen LogP contribution in [0, 0.1) is 5.92 Å². The molecule has 2 aromatic rings. The molecule has 1 amide bonds. The van der Waals surface area contributed by atoms with Crippen molar-refractivity contribution >= 4 is 11.7 Å². The second kappa shape index (κ2) is 8.55. The number of para-hydroxylation sites is 1. The third-order valence-electron chi connectivity index (χ3n) is 5.58. The molecule has 0 aliphatic carbocycles. The maximum Gasteiger partial charge on any atom is 0.231 e. The first-order chi connectivity index (χ1) is 14.2. The standard InChI is InChI=1S/C23H25NO5/c1-27-19-7-3-2-6-18(19)23(26)17-5-4-12-24(14-17)22(25)11-9-16-8-10-20-21(13-16)29-15-28-20/h2-3,6-8,10,13,17H,4-5,9,11-12,14-15H2,1H3. The van der Waals surface area contributed by atoms with Crippen LogP contribution in [0.5, 0.6) is 17.2 Å². The van der Waals surface area contributed by atoms with Gasteiger partial charge in [0.25, 0.3) is 0 Å². The van der Waals surface area contributed by atoms with Crippen molar-refractivity contribution in [3.63, 3.8) is 0 Å². The van der Waals surface area contributed by atoms with E-state index in [2.05, 4.69) is 0 Å². The Morgan fingerprint density at radius 3 is 2.83 bits per heavy atom. The zero-order valence-electron chi connectivity index (χ0n) is 16.6. The van der Waals surface area contributed by atoms with E-state index >= 15 is 0 Å². The molecule has 0 bridgehead atoms. The molecule has 29 heavy (non-hydrogen) atoms. The molecule has 1 fully saturated rings. The SMILES string of the molecule is COc1ccccc1C(=O)C1CCCN(C(=O)CCc2ccc3c(c2)OCO3)C1. The lowest BCUT2D eigenvalue weighted by atomic mass is 9.89. The molecule has 0 radical (unpaired) electrons. The van der Waals surface area contributed by atoms with Crippen LogP contribution in [-0.2, 0) is 11.2 Å². The number of carbonyl (C=O) groups excluding carboxylic acids is 2. The molecule has 152 valence electrons. The third-order valence-corrected chi connectivity index (χ3v) is 5.58. The smallest absolute Gasteiger partial charge is 0.231 e. The zero-order valence-corrected chi connectivity index (χ0v) is 16.6. The van der Waals surface area contributed by atoms with Crippen molar-refractivity contribution in [3.8, 4) is 17.2 Å². The Labute approximate surface area is 170 Å². The Morgan fingerprint density at radius 2 is 1.97 bits per heavy atom. The number of rotatable bonds is 6. The van der Waals surface area contributed by atoms with Gasteiger partial charge >= 0.3 is 0 Å². The summed E-state index contributed by atoms with van der Waals surface area (Å²) in [6.07, 6.45) is 2.68. The number of hydrogen-bond donors (Lipinski definition) is 0. The number of amides is 1. The average molecular weight is 395 g/mol. The summed E-state index contributed by atoms with van der Waals surface area (Å²) in [6.45, 7) is 1.42. The minimum atomic E-state index is -0.186. The number of ketones is 1. The van der Waals surface area contributed by atoms with Crippen LogP contribution in [0.15, 0.2) is 42.5 Å². The first-order valence-corrected chi connectivity index (χ1v) is 9.99. The molecule has 6 heteroatoms. The molecule has 1 saturated heterocycles. The number of piperidine rings is 1. The van der Waals surface area contributed by atoms with Crippen molar-refractivity contribution in [2.24, 2.45) is 5.92 Å². The van der Waals surface area contributed by atoms with E-state index in [4.69, 9.17) is 14.2 Å². The van der Waals surface area contributed by atoms with E-state index in [1.165, 1.54) is 0 Å². The van der Waals surface area contributed by atoms with Gasteiger partial charge in [-0.25, -0.2) is 0 Å². The molecule has 2 heterocycles. The van der Waals surface area contributed by atoms with Gasteiger partial charge in [-0.1, -0.05) is 18.2 Å². The second-order valence-electron chi connectivity index (χ2n) is 7.43. The Balaban J connectivity index is 1.36. The first kappa shape index (κ1) is 19.3. The van der Waals surface area contributed by atoms with Gasteiger partial charge in [0.15, 0.2) is 17.3 Å². The highest BCUT2D eigenvalue weighted by Gasteiger charge is 2.30. The fourth-order valence-electron chi connectivity index (χ4n) is 3.99. The van der Waals surface area contributed by atoms with Gasteiger partial charge in [0.1, 0.15) is 5.75 Å². The third kappa shape index (κ3) is 4.21. The van der Waals surface area contributed by atoms with E-state index < -0.39 is 0 Å². The number of nitrogens with zero attached hydrogens (tertiary/aromatic N) is 1. The lowest BCUT2D eigenvalue weighted by Crippen LogP contribution is -2.42. The van der Waals surface area contributed by atoms with Crippen LogP contribution in [0.3, 0.4) is 0 Å². The van der Waals surface area contributed by atoms with E-state index in [0.717, 1.165) is 29.9 Å². The molecule has 2 aliphatic heterocycles. The number of likely N-dealkylation sites (tertiary alicyclic amines) is 1. The minimum absolute atomic E-state index is 0.0516. The normalized spacial score (nSPS) is 17.8. The molecule has 2 aromatic carbocycles. The molecule has 2 aliphatic rings. The van der Waals surface area contributed by atoms with Crippen LogP contribution in [0.2, 0.25) is 0 Å². The fourth-order valence-corrected chi connectivity index (χ4v) is 3.99. The summed E-state index contributed by atoms with van der Waals surface area (Å²) < 4.78 is 16.1. The van der Waals surface area contributed by atoms with Gasteiger partial charge in [0.2, 0.25) is 12.7 Å². The van der Waals surface area contributed by atoms with Crippen molar-refractivity contribution in [1.82, 2.24) is 4.90 Å². The molecule has 6 nitrogen and oxygen atoms in total. The maximum absolute atomic E-state index is 13.0. The van der Waals surface area contributed by atoms with Crippen LogP contribution < -0.4 is 14.2 Å². The summed E-state index contributed by atoms with van der Waals surface area (Å²) in [7, 11) is 1.57. The maximum atomic E-state index is 13.0. The number of Topliss-reactive ketones (excluding diaryl/α,β-unsaturated/α-hetero) is 1. The summed E-state index contributed by atoms with van der Waals surface area (Å²) in [4.78, 5) is 27.6. The predicted molar refractivity (Wildman–Crippen MR) is 108 cm³/mol. The van der Waals surface area contributed by atoms with E-state index in [0.29, 0.717) is 37.2 Å². The summed E-state index contributed by atoms with van der Waals surface area (Å²) in [5.74, 6) is 2.01. The quantitative estimate of drug-likeness (QED) is 0.701. The van der Waals surface area contributed by atoms with Gasteiger partial charge in [0.05, 0.1) is 12.7 Å². The van der Waals surface area contributed by atoms with Gasteiger partial charge in [-0.05, 0) is 49.1 Å². The fraction of sp³-hybridized carbons (Fsp3) is 0.391. The summed E-state index contributed by atoms with van der Waals surface area (Å²) in [5, 5.41) is 0. The molecule has 1 unspecified atom stereocenters. The van der Waals surface area contributed by atoms with Crippen molar-refractivity contribution in [2.75, 3.05) is 27.0 Å². The highest BCUT2D eigenvalue weighted by Crippen LogP contribution is 2.33. The number of benzene rings is 2. The van der Waals surface area contributed by atoms with Gasteiger partial charge in [-0.15, -0.1) is 0 Å².